The molecule has 226 valence electrons. The van der Waals surface area contributed by atoms with Crippen LogP contribution in [0.3, 0.4) is 0 Å². The maximum absolute atomic E-state index is 10.6. The Balaban J connectivity index is 0.000000164. The zero-order valence-electron chi connectivity index (χ0n) is 25.5. The smallest absolute Gasteiger partial charge is 0.152 e. The molecule has 1 heterocycles. The van der Waals surface area contributed by atoms with E-state index >= 15 is 0 Å². The molecule has 1 aromatic heterocycles. The molecule has 0 saturated heterocycles. The van der Waals surface area contributed by atoms with E-state index in [-0.39, 0.29) is 0 Å². The number of nitrogens with zero attached hydrogens (tertiary/aromatic N) is 1. The molecule has 0 saturated carbocycles. The fourth-order valence-corrected chi connectivity index (χ4v) is 4.67. The predicted molar refractivity (Wildman–Crippen MR) is 188 cm³/mol. The van der Waals surface area contributed by atoms with E-state index in [2.05, 4.69) is 0 Å². The number of aldehydes is 4. The number of fused-ring (bicyclic) bond motifs is 2. The highest BCUT2D eigenvalue weighted by atomic mass is 32.2. The zero-order chi connectivity index (χ0) is 32.4. The average molecular weight is 614 g/mol. The molecule has 6 rings (SSSR count). The number of hydrogen-bond acceptors (Lipinski definition) is 5. The summed E-state index contributed by atoms with van der Waals surface area (Å²) in [7, 11) is 1.94. The van der Waals surface area contributed by atoms with E-state index in [0.717, 1.165) is 63.7 Å². The summed E-state index contributed by atoms with van der Waals surface area (Å²) in [6.07, 6.45) is 10.5. The maximum Gasteiger partial charge on any atom is 0.152 e. The Hall–Kier alpha value is -5.33. The molecule has 5 aromatic carbocycles. The Morgan fingerprint density at radius 2 is 1.22 bits per heavy atom. The van der Waals surface area contributed by atoms with E-state index in [0.29, 0.717) is 0 Å². The third kappa shape index (κ3) is 10.7. The van der Waals surface area contributed by atoms with Crippen molar-refractivity contribution in [3.05, 3.63) is 155 Å². The van der Waals surface area contributed by atoms with E-state index in [4.69, 9.17) is 0 Å². The molecular weight excluding hydrogens is 578 g/mol. The standard InChI is InChI=1S/C11H8O.C10H9NO.C10H10O.C8H8OS/c12-8-9-5-6-10-3-1-2-4-11(10)7-9;1-11-6-8(7-12)9-4-2-3-5-10(9)11;1-9-4-6-10(7-5-9)3-2-8-11;1-10-8-4-2-7(6-9)3-5-8/h1-8H;2-7H,1H3;2-8H,1H3;2-6H,1H3/b;;3-2+;. The van der Waals surface area contributed by atoms with Gasteiger partial charge in [-0.1, -0.05) is 103 Å². The molecule has 5 nitrogen and oxygen atoms in total. The number of aromatic nitrogens is 1. The number of rotatable bonds is 6. The Morgan fingerprint density at radius 1 is 0.622 bits per heavy atom. The van der Waals surface area contributed by atoms with Gasteiger partial charge >= 0.3 is 0 Å². The molecule has 0 aliphatic carbocycles. The summed E-state index contributed by atoms with van der Waals surface area (Å²) in [5, 5.41) is 3.31. The second-order valence-corrected chi connectivity index (χ2v) is 10.7. The topological polar surface area (TPSA) is 73.2 Å². The van der Waals surface area contributed by atoms with Crippen LogP contribution in [0.4, 0.5) is 0 Å². The van der Waals surface area contributed by atoms with Gasteiger partial charge in [-0.3, -0.25) is 19.2 Å². The van der Waals surface area contributed by atoms with Crippen molar-refractivity contribution in [2.24, 2.45) is 7.05 Å². The minimum Gasteiger partial charge on any atom is -0.350 e. The Bertz CT molecular complexity index is 1870. The molecule has 0 bridgehead atoms. The SMILES string of the molecule is CSc1ccc(C=O)cc1.Cc1ccc(/C=C/C=O)cc1.Cn1cc(C=O)c2ccccc21.O=Cc1ccc2ccccc2c1. The normalized spacial score (nSPS) is 10.0. The number of benzene rings is 5. The van der Waals surface area contributed by atoms with Crippen LogP contribution in [0, 0.1) is 6.92 Å². The number of thioether (sulfide) groups is 1. The zero-order valence-corrected chi connectivity index (χ0v) is 26.3. The van der Waals surface area contributed by atoms with Gasteiger partial charge in [-0.25, -0.2) is 0 Å². The van der Waals surface area contributed by atoms with E-state index in [1.807, 2.05) is 146 Å². The first-order valence-electron chi connectivity index (χ1n) is 14.1. The van der Waals surface area contributed by atoms with Gasteiger partial charge in [-0.2, -0.15) is 0 Å². The number of carbonyl (C=O) groups excluding carboxylic acids is 4. The van der Waals surface area contributed by atoms with Crippen molar-refractivity contribution in [1.82, 2.24) is 4.57 Å². The van der Waals surface area contributed by atoms with Gasteiger partial charge in [0, 0.05) is 45.7 Å². The average Bonchev–Trinajstić information content (AvgIpc) is 3.44. The van der Waals surface area contributed by atoms with Crippen molar-refractivity contribution < 1.29 is 19.2 Å². The summed E-state index contributed by atoms with van der Waals surface area (Å²) in [5.41, 5.74) is 5.61. The third-order valence-electron chi connectivity index (χ3n) is 6.66. The fourth-order valence-electron chi connectivity index (χ4n) is 4.26. The van der Waals surface area contributed by atoms with E-state index in [1.54, 1.807) is 17.8 Å². The van der Waals surface area contributed by atoms with Crippen LogP contribution in [0.2, 0.25) is 0 Å². The van der Waals surface area contributed by atoms with Crippen molar-refractivity contribution in [3.8, 4) is 0 Å². The first kappa shape index (κ1) is 34.2. The first-order chi connectivity index (χ1) is 21.9. The highest BCUT2D eigenvalue weighted by Gasteiger charge is 2.02. The van der Waals surface area contributed by atoms with Crippen molar-refractivity contribution in [1.29, 1.82) is 0 Å². The highest BCUT2D eigenvalue weighted by Crippen LogP contribution is 2.18. The lowest BCUT2D eigenvalue weighted by Gasteiger charge is -1.96. The predicted octanol–water partition coefficient (Wildman–Crippen LogP) is 9.07. The highest BCUT2D eigenvalue weighted by molar-refractivity contribution is 7.98. The quantitative estimate of drug-likeness (QED) is 0.106. The molecule has 0 fully saturated rings. The van der Waals surface area contributed by atoms with Gasteiger partial charge in [0.1, 0.15) is 18.9 Å². The summed E-state index contributed by atoms with van der Waals surface area (Å²) < 4.78 is 1.96. The van der Waals surface area contributed by atoms with Gasteiger partial charge in [0.25, 0.3) is 0 Å². The summed E-state index contributed by atoms with van der Waals surface area (Å²) in [4.78, 5) is 42.4. The number of carbonyl (C=O) groups is 4. The number of aryl methyl sites for hydroxylation is 2. The molecule has 0 aliphatic rings. The van der Waals surface area contributed by atoms with Gasteiger partial charge in [0.2, 0.25) is 0 Å². The van der Waals surface area contributed by atoms with E-state index < -0.39 is 0 Å². The van der Waals surface area contributed by atoms with Gasteiger partial charge in [0.05, 0.1) is 0 Å². The number of para-hydroxylation sites is 1. The summed E-state index contributed by atoms with van der Waals surface area (Å²) in [5.74, 6) is 0. The Kier molecular flexibility index (Phi) is 13.9. The lowest BCUT2D eigenvalue weighted by Crippen LogP contribution is -1.81. The summed E-state index contributed by atoms with van der Waals surface area (Å²) >= 11 is 1.67. The maximum atomic E-state index is 10.6. The molecule has 0 spiro atoms. The molecule has 0 radical (unpaired) electrons. The van der Waals surface area contributed by atoms with Gasteiger partial charge in [-0.05, 0) is 59.9 Å². The lowest BCUT2D eigenvalue weighted by atomic mass is 10.1. The third-order valence-corrected chi connectivity index (χ3v) is 7.40. The molecule has 0 N–H and O–H groups in total. The molecule has 45 heavy (non-hydrogen) atoms. The van der Waals surface area contributed by atoms with Crippen LogP contribution in [0.15, 0.2) is 132 Å². The Labute approximate surface area is 268 Å². The summed E-state index contributed by atoms with van der Waals surface area (Å²) in [6, 6.07) is 37.1. The monoisotopic (exact) mass is 613 g/mol. The molecule has 0 atom stereocenters. The molecular formula is C39H35NO4S. The molecule has 6 heteroatoms. The van der Waals surface area contributed by atoms with Crippen LogP contribution in [-0.2, 0) is 11.8 Å². The van der Waals surface area contributed by atoms with Crippen molar-refractivity contribution in [2.45, 2.75) is 11.8 Å². The van der Waals surface area contributed by atoms with Crippen LogP contribution in [0.25, 0.3) is 27.8 Å². The van der Waals surface area contributed by atoms with Crippen LogP contribution in [0.1, 0.15) is 42.2 Å². The van der Waals surface area contributed by atoms with Crippen molar-refractivity contribution in [3.63, 3.8) is 0 Å². The van der Waals surface area contributed by atoms with Crippen LogP contribution in [0.5, 0.6) is 0 Å². The van der Waals surface area contributed by atoms with Crippen LogP contribution in [-0.4, -0.2) is 36.0 Å². The first-order valence-corrected chi connectivity index (χ1v) is 15.4. The van der Waals surface area contributed by atoms with Gasteiger partial charge < -0.3 is 4.57 Å². The second kappa shape index (κ2) is 18.4. The van der Waals surface area contributed by atoms with Crippen LogP contribution >= 0.6 is 11.8 Å². The molecule has 0 aliphatic heterocycles. The largest absolute Gasteiger partial charge is 0.350 e. The number of hydrogen-bond donors (Lipinski definition) is 0. The lowest BCUT2D eigenvalue weighted by molar-refractivity contribution is -0.104. The minimum atomic E-state index is 0.730. The fraction of sp³-hybridized carbons (Fsp3) is 0.0769. The Morgan fingerprint density at radius 3 is 1.84 bits per heavy atom. The van der Waals surface area contributed by atoms with E-state index in [1.165, 1.54) is 21.9 Å². The summed E-state index contributed by atoms with van der Waals surface area (Å²) in [6.45, 7) is 2.03. The van der Waals surface area contributed by atoms with Gasteiger partial charge in [-0.15, -0.1) is 11.8 Å². The second-order valence-electron chi connectivity index (χ2n) is 9.85. The van der Waals surface area contributed by atoms with Gasteiger partial charge in [0.15, 0.2) is 6.29 Å². The minimum absolute atomic E-state index is 0.730. The number of allylic oxidation sites excluding steroid dienone is 1. The van der Waals surface area contributed by atoms with Crippen molar-refractivity contribution >= 4 is 64.7 Å². The molecule has 6 aromatic rings. The van der Waals surface area contributed by atoms with Crippen LogP contribution < -0.4 is 0 Å². The molecule has 0 unspecified atom stereocenters. The van der Waals surface area contributed by atoms with E-state index in [9.17, 15) is 19.2 Å². The molecule has 0 amide bonds. The van der Waals surface area contributed by atoms with Crippen molar-refractivity contribution in [2.75, 3.05) is 6.26 Å².